The summed E-state index contributed by atoms with van der Waals surface area (Å²) in [6.07, 6.45) is 0. The van der Waals surface area contributed by atoms with Crippen LogP contribution in [0.3, 0.4) is 0 Å². The number of amides is 1. The SMILES string of the molecule is CCOc1ccccc1NC(=O)c1ccc(CN(c2ccc(C)c(C)c2)S(=O)(=O)c2ccccc2)cc1. The van der Waals surface area contributed by atoms with E-state index in [-0.39, 0.29) is 17.3 Å². The van der Waals surface area contributed by atoms with Gasteiger partial charge >= 0.3 is 0 Å². The standard InChI is InChI=1S/C30H30N2O4S/c1-4-36-29-13-9-8-12-28(29)31-30(33)25-17-15-24(16-18-25)21-32(26-19-14-22(2)23(3)20-26)37(34,35)27-10-6-5-7-11-27/h5-20H,4,21H2,1-3H3,(H,31,33). The van der Waals surface area contributed by atoms with Crippen LogP contribution in [0.4, 0.5) is 11.4 Å². The first-order chi connectivity index (χ1) is 17.8. The summed E-state index contributed by atoms with van der Waals surface area (Å²) < 4.78 is 34.3. The number of para-hydroxylation sites is 2. The zero-order valence-electron chi connectivity index (χ0n) is 21.1. The van der Waals surface area contributed by atoms with E-state index in [1.165, 1.54) is 4.31 Å². The van der Waals surface area contributed by atoms with E-state index in [9.17, 15) is 13.2 Å². The average molecular weight is 515 g/mol. The second kappa shape index (κ2) is 11.3. The third kappa shape index (κ3) is 6.01. The molecule has 1 N–H and O–H groups in total. The van der Waals surface area contributed by atoms with Crippen molar-refractivity contribution in [2.24, 2.45) is 0 Å². The van der Waals surface area contributed by atoms with E-state index in [1.54, 1.807) is 66.7 Å². The Kier molecular flexibility index (Phi) is 7.94. The fourth-order valence-corrected chi connectivity index (χ4v) is 5.35. The molecule has 0 aliphatic carbocycles. The average Bonchev–Trinajstić information content (AvgIpc) is 2.91. The second-order valence-electron chi connectivity index (χ2n) is 8.67. The topological polar surface area (TPSA) is 75.7 Å². The highest BCUT2D eigenvalue weighted by Gasteiger charge is 2.25. The first-order valence-corrected chi connectivity index (χ1v) is 13.5. The molecule has 6 nitrogen and oxygen atoms in total. The number of carbonyl (C=O) groups is 1. The molecule has 0 heterocycles. The van der Waals surface area contributed by atoms with Gasteiger partial charge in [0.05, 0.1) is 29.4 Å². The van der Waals surface area contributed by atoms with Crippen molar-refractivity contribution in [3.8, 4) is 5.75 Å². The van der Waals surface area contributed by atoms with Crippen LogP contribution in [-0.2, 0) is 16.6 Å². The van der Waals surface area contributed by atoms with Gasteiger partial charge < -0.3 is 10.1 Å². The summed E-state index contributed by atoms with van der Waals surface area (Å²) in [6, 6.07) is 28.2. The minimum atomic E-state index is -3.82. The maximum atomic E-state index is 13.6. The Morgan fingerprint density at radius 1 is 0.838 bits per heavy atom. The van der Waals surface area contributed by atoms with Crippen LogP contribution in [0, 0.1) is 13.8 Å². The van der Waals surface area contributed by atoms with Crippen molar-refractivity contribution in [1.82, 2.24) is 0 Å². The number of hydrogen-bond acceptors (Lipinski definition) is 4. The highest BCUT2D eigenvalue weighted by Crippen LogP contribution is 2.28. The van der Waals surface area contributed by atoms with Crippen LogP contribution < -0.4 is 14.4 Å². The number of carbonyl (C=O) groups excluding carboxylic acids is 1. The lowest BCUT2D eigenvalue weighted by Gasteiger charge is -2.25. The van der Waals surface area contributed by atoms with E-state index < -0.39 is 10.0 Å². The van der Waals surface area contributed by atoms with Crippen molar-refractivity contribution in [3.05, 3.63) is 119 Å². The highest BCUT2D eigenvalue weighted by atomic mass is 32.2. The summed E-state index contributed by atoms with van der Waals surface area (Å²) in [5.74, 6) is 0.326. The van der Waals surface area contributed by atoms with Crippen LogP contribution in [0.25, 0.3) is 0 Å². The van der Waals surface area contributed by atoms with Gasteiger partial charge in [-0.3, -0.25) is 9.10 Å². The van der Waals surface area contributed by atoms with Crippen molar-refractivity contribution >= 4 is 27.3 Å². The molecule has 0 radical (unpaired) electrons. The van der Waals surface area contributed by atoms with Gasteiger partial charge in [-0.05, 0) is 86.0 Å². The number of anilines is 2. The zero-order chi connectivity index (χ0) is 26.4. The number of benzene rings is 4. The van der Waals surface area contributed by atoms with Gasteiger partial charge in [0.25, 0.3) is 15.9 Å². The number of hydrogen-bond donors (Lipinski definition) is 1. The maximum Gasteiger partial charge on any atom is 0.264 e. The molecule has 4 rings (SSSR count). The predicted octanol–water partition coefficient (Wildman–Crippen LogP) is 6.35. The lowest BCUT2D eigenvalue weighted by atomic mass is 10.1. The molecule has 0 aliphatic heterocycles. The van der Waals surface area contributed by atoms with Crippen molar-refractivity contribution in [2.75, 3.05) is 16.2 Å². The number of nitrogens with zero attached hydrogens (tertiary/aromatic N) is 1. The summed E-state index contributed by atoms with van der Waals surface area (Å²) >= 11 is 0. The maximum absolute atomic E-state index is 13.6. The van der Waals surface area contributed by atoms with Crippen LogP contribution in [0.2, 0.25) is 0 Å². The largest absolute Gasteiger partial charge is 0.492 e. The Bertz CT molecular complexity index is 1480. The minimum Gasteiger partial charge on any atom is -0.492 e. The normalized spacial score (nSPS) is 11.1. The molecule has 0 unspecified atom stereocenters. The summed E-state index contributed by atoms with van der Waals surface area (Å²) in [6.45, 7) is 6.45. The minimum absolute atomic E-state index is 0.120. The fraction of sp³-hybridized carbons (Fsp3) is 0.167. The van der Waals surface area contributed by atoms with Gasteiger partial charge in [0.2, 0.25) is 0 Å². The monoisotopic (exact) mass is 514 g/mol. The molecular weight excluding hydrogens is 484 g/mol. The molecular formula is C30H30N2O4S. The molecule has 1 amide bonds. The molecule has 0 atom stereocenters. The lowest BCUT2D eigenvalue weighted by Crippen LogP contribution is -2.30. The molecule has 7 heteroatoms. The van der Waals surface area contributed by atoms with Gasteiger partial charge in [-0.25, -0.2) is 8.42 Å². The van der Waals surface area contributed by atoms with Gasteiger partial charge in [0, 0.05) is 5.56 Å². The molecule has 0 spiro atoms. The molecule has 4 aromatic carbocycles. The first-order valence-electron chi connectivity index (χ1n) is 12.1. The molecule has 4 aromatic rings. The van der Waals surface area contributed by atoms with E-state index in [4.69, 9.17) is 4.74 Å². The Labute approximate surface area is 218 Å². The Balaban J connectivity index is 1.60. The third-order valence-electron chi connectivity index (χ3n) is 6.09. The number of ether oxygens (including phenoxy) is 1. The van der Waals surface area contributed by atoms with Gasteiger partial charge in [-0.15, -0.1) is 0 Å². The van der Waals surface area contributed by atoms with Crippen LogP contribution in [-0.4, -0.2) is 20.9 Å². The molecule has 0 aromatic heterocycles. The molecule has 0 saturated carbocycles. The summed E-state index contributed by atoms with van der Waals surface area (Å²) in [5.41, 5.74) is 4.48. The molecule has 190 valence electrons. The summed E-state index contributed by atoms with van der Waals surface area (Å²) in [5, 5.41) is 2.88. The summed E-state index contributed by atoms with van der Waals surface area (Å²) in [4.78, 5) is 13.1. The van der Waals surface area contributed by atoms with Gasteiger partial charge in [-0.1, -0.05) is 48.5 Å². The molecule has 0 bridgehead atoms. The van der Waals surface area contributed by atoms with Crippen LogP contribution in [0.15, 0.2) is 102 Å². The van der Waals surface area contributed by atoms with Crippen LogP contribution >= 0.6 is 0 Å². The number of rotatable bonds is 9. The Morgan fingerprint density at radius 3 is 2.19 bits per heavy atom. The van der Waals surface area contributed by atoms with E-state index in [0.717, 1.165) is 16.7 Å². The second-order valence-corrected chi connectivity index (χ2v) is 10.5. The molecule has 0 fully saturated rings. The lowest BCUT2D eigenvalue weighted by molar-refractivity contribution is 0.102. The molecule has 37 heavy (non-hydrogen) atoms. The first kappa shape index (κ1) is 26.0. The van der Waals surface area contributed by atoms with Gasteiger partial charge in [0.1, 0.15) is 5.75 Å². The Morgan fingerprint density at radius 2 is 1.51 bits per heavy atom. The van der Waals surface area contributed by atoms with Crippen molar-refractivity contribution in [2.45, 2.75) is 32.2 Å². The van der Waals surface area contributed by atoms with E-state index >= 15 is 0 Å². The van der Waals surface area contributed by atoms with Gasteiger partial charge in [-0.2, -0.15) is 0 Å². The Hall–Kier alpha value is -4.10. The van der Waals surface area contributed by atoms with Crippen molar-refractivity contribution < 1.29 is 17.9 Å². The fourth-order valence-electron chi connectivity index (χ4n) is 3.89. The van der Waals surface area contributed by atoms with E-state index in [2.05, 4.69) is 5.32 Å². The van der Waals surface area contributed by atoms with Crippen molar-refractivity contribution in [1.29, 1.82) is 0 Å². The third-order valence-corrected chi connectivity index (χ3v) is 7.88. The van der Waals surface area contributed by atoms with E-state index in [0.29, 0.717) is 29.3 Å². The highest BCUT2D eigenvalue weighted by molar-refractivity contribution is 7.92. The smallest absolute Gasteiger partial charge is 0.264 e. The van der Waals surface area contributed by atoms with Crippen LogP contribution in [0.1, 0.15) is 34.0 Å². The quantitative estimate of drug-likeness (QED) is 0.282. The molecule has 0 saturated heterocycles. The zero-order valence-corrected chi connectivity index (χ0v) is 22.0. The predicted molar refractivity (Wildman–Crippen MR) is 148 cm³/mol. The van der Waals surface area contributed by atoms with Crippen molar-refractivity contribution in [3.63, 3.8) is 0 Å². The van der Waals surface area contributed by atoms with E-state index in [1.807, 2.05) is 51.1 Å². The number of aryl methyl sites for hydroxylation is 2. The summed E-state index contributed by atoms with van der Waals surface area (Å²) in [7, 11) is -3.82. The van der Waals surface area contributed by atoms with Gasteiger partial charge in [0.15, 0.2) is 0 Å². The van der Waals surface area contributed by atoms with Crippen LogP contribution in [0.5, 0.6) is 5.75 Å². The molecule has 0 aliphatic rings. The number of sulfonamides is 1. The number of nitrogens with one attached hydrogen (secondary N) is 1.